The molecule has 0 aromatic carbocycles. The van der Waals surface area contributed by atoms with Crippen LogP contribution in [0.2, 0.25) is 5.15 Å². The summed E-state index contributed by atoms with van der Waals surface area (Å²) in [5.74, 6) is 1.14. The summed E-state index contributed by atoms with van der Waals surface area (Å²) in [4.78, 5) is 8.28. The second-order valence-corrected chi connectivity index (χ2v) is 3.45. The van der Waals surface area contributed by atoms with E-state index in [1.54, 1.807) is 6.20 Å². The van der Waals surface area contributed by atoms with Crippen LogP contribution >= 0.6 is 11.6 Å². The summed E-state index contributed by atoms with van der Waals surface area (Å²) in [5, 5.41) is 0.341. The summed E-state index contributed by atoms with van der Waals surface area (Å²) in [6, 6.07) is 0. The lowest BCUT2D eigenvalue weighted by Crippen LogP contribution is -2.03. The number of nitrogens with zero attached hydrogens (tertiary/aromatic N) is 2. The zero-order chi connectivity index (χ0) is 9.97. The Balaban J connectivity index is 2.23. The summed E-state index contributed by atoms with van der Waals surface area (Å²) in [6.07, 6.45) is 3.59. The van der Waals surface area contributed by atoms with Gasteiger partial charge in [0.05, 0.1) is 13.3 Å². The monoisotopic (exact) mass is 214 g/mol. The Labute approximate surface area is 87.2 Å². The maximum Gasteiger partial charge on any atom is 0.174 e. The van der Waals surface area contributed by atoms with Crippen LogP contribution in [0.1, 0.15) is 24.8 Å². The lowest BCUT2D eigenvalue weighted by Gasteiger charge is -2.08. The van der Waals surface area contributed by atoms with Gasteiger partial charge in [-0.1, -0.05) is 11.6 Å². The lowest BCUT2D eigenvalue weighted by molar-refractivity contribution is 0.105. The summed E-state index contributed by atoms with van der Waals surface area (Å²) >= 11 is 5.88. The normalized spacial score (nSPS) is 21.1. The van der Waals surface area contributed by atoms with Gasteiger partial charge in [-0.3, -0.25) is 0 Å². The fourth-order valence-electron chi connectivity index (χ4n) is 1.44. The SMILES string of the molecule is COc1cnc(C2CCCO2)nc1Cl. The summed E-state index contributed by atoms with van der Waals surface area (Å²) in [7, 11) is 1.54. The Morgan fingerprint density at radius 3 is 3.07 bits per heavy atom. The van der Waals surface area contributed by atoms with Gasteiger partial charge in [0.25, 0.3) is 0 Å². The smallest absolute Gasteiger partial charge is 0.174 e. The zero-order valence-electron chi connectivity index (χ0n) is 7.86. The lowest BCUT2D eigenvalue weighted by atomic mass is 10.2. The molecule has 1 unspecified atom stereocenters. The summed E-state index contributed by atoms with van der Waals surface area (Å²) in [5.41, 5.74) is 0. The molecule has 1 aliphatic heterocycles. The van der Waals surface area contributed by atoms with E-state index in [1.807, 2.05) is 0 Å². The van der Waals surface area contributed by atoms with Crippen LogP contribution in [0.4, 0.5) is 0 Å². The molecule has 1 fully saturated rings. The van der Waals surface area contributed by atoms with Gasteiger partial charge < -0.3 is 9.47 Å². The third-order valence-corrected chi connectivity index (χ3v) is 2.44. The predicted octanol–water partition coefficient (Wildman–Crippen LogP) is 1.99. The molecule has 76 valence electrons. The van der Waals surface area contributed by atoms with Crippen LogP contribution in [-0.2, 0) is 4.74 Å². The molecule has 0 aliphatic carbocycles. The third kappa shape index (κ3) is 1.81. The van der Waals surface area contributed by atoms with Gasteiger partial charge in [0.1, 0.15) is 6.10 Å². The topological polar surface area (TPSA) is 44.2 Å². The highest BCUT2D eigenvalue weighted by atomic mass is 35.5. The molecule has 1 atom stereocenters. The number of aromatic nitrogens is 2. The van der Waals surface area contributed by atoms with Gasteiger partial charge in [-0.15, -0.1) is 0 Å². The highest BCUT2D eigenvalue weighted by Gasteiger charge is 2.21. The molecule has 1 aromatic rings. The highest BCUT2D eigenvalue weighted by Crippen LogP contribution is 2.28. The van der Waals surface area contributed by atoms with Crippen LogP contribution in [0, 0.1) is 0 Å². The minimum absolute atomic E-state index is 0.00148. The van der Waals surface area contributed by atoms with Crippen molar-refractivity contribution in [3.63, 3.8) is 0 Å². The van der Waals surface area contributed by atoms with Crippen LogP contribution in [-0.4, -0.2) is 23.7 Å². The standard InChI is InChI=1S/C9H11ClN2O2/c1-13-7-5-11-9(12-8(7)10)6-3-2-4-14-6/h5-6H,2-4H2,1H3. The van der Waals surface area contributed by atoms with Gasteiger partial charge in [0.2, 0.25) is 0 Å². The molecule has 14 heavy (non-hydrogen) atoms. The van der Waals surface area contributed by atoms with Crippen molar-refractivity contribution < 1.29 is 9.47 Å². The number of ether oxygens (including phenoxy) is 2. The van der Waals surface area contributed by atoms with Gasteiger partial charge in [-0.25, -0.2) is 9.97 Å². The van der Waals surface area contributed by atoms with Crippen LogP contribution in [0.15, 0.2) is 6.20 Å². The molecule has 0 spiro atoms. The molecule has 0 saturated carbocycles. The Morgan fingerprint density at radius 2 is 2.50 bits per heavy atom. The first-order valence-electron chi connectivity index (χ1n) is 4.49. The molecule has 1 saturated heterocycles. The Morgan fingerprint density at radius 1 is 1.64 bits per heavy atom. The predicted molar refractivity (Wildman–Crippen MR) is 51.5 cm³/mol. The Bertz CT molecular complexity index is 327. The van der Waals surface area contributed by atoms with Crippen LogP contribution in [0.5, 0.6) is 5.75 Å². The fraction of sp³-hybridized carbons (Fsp3) is 0.556. The third-order valence-electron chi connectivity index (χ3n) is 2.17. The van der Waals surface area contributed by atoms with Crippen molar-refractivity contribution >= 4 is 11.6 Å². The van der Waals surface area contributed by atoms with Gasteiger partial charge in [-0.05, 0) is 12.8 Å². The first-order chi connectivity index (χ1) is 6.81. The highest BCUT2D eigenvalue weighted by molar-refractivity contribution is 6.30. The molecule has 0 radical (unpaired) electrons. The van der Waals surface area contributed by atoms with Crippen molar-refractivity contribution in [2.45, 2.75) is 18.9 Å². The van der Waals surface area contributed by atoms with Gasteiger partial charge >= 0.3 is 0 Å². The number of hydrogen-bond donors (Lipinski definition) is 0. The molecular weight excluding hydrogens is 204 g/mol. The van der Waals surface area contributed by atoms with E-state index in [4.69, 9.17) is 21.1 Å². The molecule has 0 amide bonds. The van der Waals surface area contributed by atoms with E-state index in [9.17, 15) is 0 Å². The Kier molecular flexibility index (Phi) is 2.84. The van der Waals surface area contributed by atoms with Crippen LogP contribution in [0.25, 0.3) is 0 Å². The first kappa shape index (κ1) is 9.68. The van der Waals surface area contributed by atoms with E-state index >= 15 is 0 Å². The van der Waals surface area contributed by atoms with E-state index in [-0.39, 0.29) is 6.10 Å². The summed E-state index contributed by atoms with van der Waals surface area (Å²) in [6.45, 7) is 0.775. The van der Waals surface area contributed by atoms with Crippen LogP contribution in [0.3, 0.4) is 0 Å². The minimum atomic E-state index is -0.00148. The second-order valence-electron chi connectivity index (χ2n) is 3.09. The maximum absolute atomic E-state index is 5.88. The average molecular weight is 215 g/mol. The molecule has 0 bridgehead atoms. The van der Waals surface area contributed by atoms with E-state index < -0.39 is 0 Å². The van der Waals surface area contributed by atoms with Gasteiger partial charge in [0.15, 0.2) is 16.7 Å². The first-order valence-corrected chi connectivity index (χ1v) is 4.87. The molecule has 5 heteroatoms. The maximum atomic E-state index is 5.88. The van der Waals surface area contributed by atoms with Crippen molar-refractivity contribution in [2.24, 2.45) is 0 Å². The second kappa shape index (κ2) is 4.11. The molecule has 2 heterocycles. The van der Waals surface area contributed by atoms with Crippen molar-refractivity contribution in [3.8, 4) is 5.75 Å². The zero-order valence-corrected chi connectivity index (χ0v) is 8.62. The molecular formula is C9H11ClN2O2. The number of methoxy groups -OCH3 is 1. The number of rotatable bonds is 2. The Hall–Kier alpha value is -0.870. The average Bonchev–Trinajstić information content (AvgIpc) is 2.70. The van der Waals surface area contributed by atoms with Gasteiger partial charge in [0, 0.05) is 6.61 Å². The summed E-state index contributed by atoms with van der Waals surface area (Å²) < 4.78 is 10.4. The van der Waals surface area contributed by atoms with Gasteiger partial charge in [-0.2, -0.15) is 0 Å². The molecule has 1 aromatic heterocycles. The van der Waals surface area contributed by atoms with E-state index in [2.05, 4.69) is 9.97 Å². The minimum Gasteiger partial charge on any atom is -0.492 e. The van der Waals surface area contributed by atoms with E-state index in [0.717, 1.165) is 19.4 Å². The molecule has 0 N–H and O–H groups in total. The van der Waals surface area contributed by atoms with E-state index in [1.165, 1.54) is 7.11 Å². The quantitative estimate of drug-likeness (QED) is 0.707. The van der Waals surface area contributed by atoms with Crippen LogP contribution < -0.4 is 4.74 Å². The van der Waals surface area contributed by atoms with Crippen molar-refractivity contribution in [1.82, 2.24) is 9.97 Å². The largest absolute Gasteiger partial charge is 0.492 e. The fourth-order valence-corrected chi connectivity index (χ4v) is 1.65. The molecule has 1 aliphatic rings. The van der Waals surface area contributed by atoms with Crippen molar-refractivity contribution in [3.05, 3.63) is 17.2 Å². The molecule has 4 nitrogen and oxygen atoms in total. The van der Waals surface area contributed by atoms with Crippen molar-refractivity contribution in [2.75, 3.05) is 13.7 Å². The number of halogens is 1. The molecule has 2 rings (SSSR count). The van der Waals surface area contributed by atoms with Crippen molar-refractivity contribution in [1.29, 1.82) is 0 Å². The number of hydrogen-bond acceptors (Lipinski definition) is 4. The van der Waals surface area contributed by atoms with E-state index in [0.29, 0.717) is 16.7 Å².